The highest BCUT2D eigenvalue weighted by Crippen LogP contribution is 2.11. The fourth-order valence-electron chi connectivity index (χ4n) is 2.30. The van der Waals surface area contributed by atoms with E-state index in [1.54, 1.807) is 7.05 Å². The van der Waals surface area contributed by atoms with Crippen molar-refractivity contribution < 1.29 is 9.53 Å². The van der Waals surface area contributed by atoms with Crippen LogP contribution in [0.5, 0.6) is 0 Å². The van der Waals surface area contributed by atoms with E-state index in [0.29, 0.717) is 12.2 Å². The van der Waals surface area contributed by atoms with Gasteiger partial charge in [-0.3, -0.25) is 10.3 Å². The number of benzene rings is 2. The Bertz CT molecular complexity index is 747. The van der Waals surface area contributed by atoms with E-state index in [4.69, 9.17) is 11.6 Å². The minimum Gasteiger partial charge on any atom is -0.453 e. The van der Waals surface area contributed by atoms with Crippen LogP contribution >= 0.6 is 11.6 Å². The molecule has 0 aromatic heterocycles. The van der Waals surface area contributed by atoms with Crippen molar-refractivity contribution in [3.8, 4) is 0 Å². The summed E-state index contributed by atoms with van der Waals surface area (Å²) in [5.41, 5.74) is 2.93. The first kappa shape index (κ1) is 19.6. The summed E-state index contributed by atoms with van der Waals surface area (Å²) in [5.74, 6) is 0.726. The summed E-state index contributed by atoms with van der Waals surface area (Å²) in [6.07, 6.45) is 0.370. The Balaban J connectivity index is 1.76. The molecule has 7 heteroatoms. The van der Waals surface area contributed by atoms with Crippen LogP contribution in [0.25, 0.3) is 0 Å². The number of aliphatic imine (C=N–C) groups is 1. The van der Waals surface area contributed by atoms with Gasteiger partial charge in [-0.25, -0.2) is 4.79 Å². The molecule has 0 radical (unpaired) electrons. The first-order valence-electron chi connectivity index (χ1n) is 8.23. The molecule has 0 aliphatic rings. The summed E-state index contributed by atoms with van der Waals surface area (Å²) < 4.78 is 4.56. The number of rotatable bonds is 6. The van der Waals surface area contributed by atoms with E-state index < -0.39 is 6.09 Å². The molecule has 2 rings (SSSR count). The molecule has 0 aliphatic carbocycles. The van der Waals surface area contributed by atoms with Crippen molar-refractivity contribution in [2.45, 2.75) is 13.0 Å². The van der Waals surface area contributed by atoms with Crippen molar-refractivity contribution in [2.24, 2.45) is 4.99 Å². The lowest BCUT2D eigenvalue weighted by Gasteiger charge is -2.12. The summed E-state index contributed by atoms with van der Waals surface area (Å²) in [6.45, 7) is 1.37. The standard InChI is InChI=1S/C19H23ClN4O2/c1-21-18(22-11-10-14-4-3-5-16(20)12-14)23-13-15-6-8-17(9-7-15)24-19(25)26-2/h3-9,12H,10-11,13H2,1-2H3,(H,24,25)(H2,21,22,23). The van der Waals surface area contributed by atoms with Crippen molar-refractivity contribution in [3.05, 3.63) is 64.7 Å². The molecular formula is C19H23ClN4O2. The van der Waals surface area contributed by atoms with Crippen LogP contribution in [0, 0.1) is 0 Å². The Morgan fingerprint density at radius 1 is 1.12 bits per heavy atom. The van der Waals surface area contributed by atoms with Crippen LogP contribution in [0.3, 0.4) is 0 Å². The number of amides is 1. The van der Waals surface area contributed by atoms with Gasteiger partial charge >= 0.3 is 6.09 Å². The highest BCUT2D eigenvalue weighted by atomic mass is 35.5. The molecule has 6 nitrogen and oxygen atoms in total. The summed E-state index contributed by atoms with van der Waals surface area (Å²) in [4.78, 5) is 15.4. The smallest absolute Gasteiger partial charge is 0.411 e. The molecule has 0 saturated heterocycles. The molecule has 2 aromatic carbocycles. The van der Waals surface area contributed by atoms with E-state index in [1.165, 1.54) is 12.7 Å². The number of nitrogens with one attached hydrogen (secondary N) is 3. The van der Waals surface area contributed by atoms with Gasteiger partial charge in [-0.2, -0.15) is 0 Å². The predicted octanol–water partition coefficient (Wildman–Crippen LogP) is 3.43. The van der Waals surface area contributed by atoms with Gasteiger partial charge in [0.05, 0.1) is 7.11 Å². The van der Waals surface area contributed by atoms with Crippen molar-refractivity contribution in [1.29, 1.82) is 0 Å². The lowest BCUT2D eigenvalue weighted by molar-refractivity contribution is 0.187. The van der Waals surface area contributed by atoms with E-state index in [-0.39, 0.29) is 0 Å². The topological polar surface area (TPSA) is 74.8 Å². The SMILES string of the molecule is CN=C(NCCc1cccc(Cl)c1)NCc1ccc(NC(=O)OC)cc1. The van der Waals surface area contributed by atoms with Crippen LogP contribution in [-0.4, -0.2) is 32.8 Å². The molecule has 2 aromatic rings. The molecule has 138 valence electrons. The molecule has 0 atom stereocenters. The molecule has 1 amide bonds. The van der Waals surface area contributed by atoms with Gasteiger partial charge in [0, 0.05) is 30.8 Å². The van der Waals surface area contributed by atoms with Gasteiger partial charge in [-0.15, -0.1) is 0 Å². The van der Waals surface area contributed by atoms with Gasteiger partial charge in [0.25, 0.3) is 0 Å². The number of anilines is 1. The van der Waals surface area contributed by atoms with Crippen LogP contribution in [0.4, 0.5) is 10.5 Å². The summed E-state index contributed by atoms with van der Waals surface area (Å²) >= 11 is 5.99. The minimum absolute atomic E-state index is 0.486. The van der Waals surface area contributed by atoms with Gasteiger partial charge in [0.2, 0.25) is 0 Å². The van der Waals surface area contributed by atoms with Crippen LogP contribution in [0.15, 0.2) is 53.5 Å². The quantitative estimate of drug-likeness (QED) is 0.535. The number of methoxy groups -OCH3 is 1. The van der Waals surface area contributed by atoms with Gasteiger partial charge in [0.15, 0.2) is 5.96 Å². The molecular weight excluding hydrogens is 352 g/mol. The van der Waals surface area contributed by atoms with Crippen LogP contribution < -0.4 is 16.0 Å². The fraction of sp³-hybridized carbons (Fsp3) is 0.263. The van der Waals surface area contributed by atoms with E-state index in [1.807, 2.05) is 48.5 Å². The Hall–Kier alpha value is -2.73. The van der Waals surface area contributed by atoms with E-state index in [0.717, 1.165) is 29.5 Å². The number of hydrogen-bond acceptors (Lipinski definition) is 3. The Kier molecular flexibility index (Phi) is 7.76. The molecule has 0 aliphatic heterocycles. The lowest BCUT2D eigenvalue weighted by Crippen LogP contribution is -2.37. The molecule has 0 fully saturated rings. The molecule has 0 bridgehead atoms. The third-order valence-corrected chi connectivity index (χ3v) is 3.90. The molecule has 3 N–H and O–H groups in total. The van der Waals surface area contributed by atoms with Gasteiger partial charge in [-0.05, 0) is 41.8 Å². The maximum Gasteiger partial charge on any atom is 0.411 e. The summed E-state index contributed by atoms with van der Waals surface area (Å²) in [6, 6.07) is 15.3. The first-order chi connectivity index (χ1) is 12.6. The number of guanidine groups is 1. The van der Waals surface area contributed by atoms with Crippen molar-refractivity contribution >= 4 is 29.3 Å². The molecule has 0 unspecified atom stereocenters. The van der Waals surface area contributed by atoms with Gasteiger partial charge in [-0.1, -0.05) is 35.9 Å². The van der Waals surface area contributed by atoms with E-state index >= 15 is 0 Å². The zero-order valence-corrected chi connectivity index (χ0v) is 15.6. The monoisotopic (exact) mass is 374 g/mol. The van der Waals surface area contributed by atoms with Gasteiger partial charge < -0.3 is 15.4 Å². The highest BCUT2D eigenvalue weighted by molar-refractivity contribution is 6.30. The van der Waals surface area contributed by atoms with Crippen LogP contribution in [0.2, 0.25) is 5.02 Å². The third kappa shape index (κ3) is 6.64. The zero-order chi connectivity index (χ0) is 18.8. The van der Waals surface area contributed by atoms with Gasteiger partial charge in [0.1, 0.15) is 0 Å². The second-order valence-electron chi connectivity index (χ2n) is 5.55. The highest BCUT2D eigenvalue weighted by Gasteiger charge is 2.02. The van der Waals surface area contributed by atoms with Crippen molar-refractivity contribution in [2.75, 3.05) is 26.0 Å². The molecule has 0 heterocycles. The molecule has 0 spiro atoms. The Morgan fingerprint density at radius 2 is 1.88 bits per heavy atom. The van der Waals surface area contributed by atoms with Crippen molar-refractivity contribution in [1.82, 2.24) is 10.6 Å². The normalized spacial score (nSPS) is 11.0. The maximum absolute atomic E-state index is 11.2. The number of carbonyl (C=O) groups excluding carboxylic acids is 1. The number of ether oxygens (including phenoxy) is 1. The number of carbonyl (C=O) groups is 1. The van der Waals surface area contributed by atoms with Crippen LogP contribution in [-0.2, 0) is 17.7 Å². The first-order valence-corrected chi connectivity index (χ1v) is 8.61. The van der Waals surface area contributed by atoms with Crippen LogP contribution in [0.1, 0.15) is 11.1 Å². The lowest BCUT2D eigenvalue weighted by atomic mass is 10.1. The fourth-order valence-corrected chi connectivity index (χ4v) is 2.51. The number of hydrogen-bond donors (Lipinski definition) is 3. The van der Waals surface area contributed by atoms with E-state index in [9.17, 15) is 4.79 Å². The average molecular weight is 375 g/mol. The molecule has 26 heavy (non-hydrogen) atoms. The number of nitrogens with zero attached hydrogens (tertiary/aromatic N) is 1. The third-order valence-electron chi connectivity index (χ3n) is 3.66. The molecule has 0 saturated carbocycles. The second-order valence-corrected chi connectivity index (χ2v) is 5.98. The summed E-state index contributed by atoms with van der Waals surface area (Å²) in [5, 5.41) is 9.89. The van der Waals surface area contributed by atoms with Crippen molar-refractivity contribution in [3.63, 3.8) is 0 Å². The summed E-state index contributed by atoms with van der Waals surface area (Å²) in [7, 11) is 3.07. The minimum atomic E-state index is -0.486. The largest absolute Gasteiger partial charge is 0.453 e. The number of halogens is 1. The Morgan fingerprint density at radius 3 is 2.54 bits per heavy atom. The Labute approximate surface area is 158 Å². The van der Waals surface area contributed by atoms with E-state index in [2.05, 4.69) is 25.7 Å². The second kappa shape index (κ2) is 10.3. The maximum atomic E-state index is 11.2. The zero-order valence-electron chi connectivity index (χ0n) is 14.9. The predicted molar refractivity (Wildman–Crippen MR) is 106 cm³/mol. The average Bonchev–Trinajstić information content (AvgIpc) is 2.65.